The van der Waals surface area contributed by atoms with E-state index < -0.39 is 0 Å². The highest BCUT2D eigenvalue weighted by Gasteiger charge is 2.11. The van der Waals surface area contributed by atoms with Gasteiger partial charge in [0.1, 0.15) is 5.75 Å². The summed E-state index contributed by atoms with van der Waals surface area (Å²) in [6, 6.07) is 8.47. The second kappa shape index (κ2) is 7.81. The van der Waals surface area contributed by atoms with Gasteiger partial charge in [0.2, 0.25) is 0 Å². The summed E-state index contributed by atoms with van der Waals surface area (Å²) in [6.07, 6.45) is 0.570. The number of aryl methyl sites for hydroxylation is 1. The summed E-state index contributed by atoms with van der Waals surface area (Å²) in [5.74, 6) is 1.52. The van der Waals surface area contributed by atoms with E-state index in [1.165, 1.54) is 11.1 Å². The molecule has 0 saturated carbocycles. The van der Waals surface area contributed by atoms with Crippen LogP contribution in [0.3, 0.4) is 0 Å². The molecule has 0 unspecified atom stereocenters. The zero-order valence-electron chi connectivity index (χ0n) is 12.4. The zero-order valence-corrected chi connectivity index (χ0v) is 12.4. The van der Waals surface area contributed by atoms with Gasteiger partial charge in [-0.25, -0.2) is 0 Å². The smallest absolute Gasteiger partial charge is 0.123 e. The number of nitriles is 1. The van der Waals surface area contributed by atoms with E-state index in [4.69, 9.17) is 10.00 Å². The van der Waals surface area contributed by atoms with Crippen LogP contribution in [-0.2, 0) is 6.54 Å². The number of benzene rings is 1. The van der Waals surface area contributed by atoms with Crippen LogP contribution in [0.5, 0.6) is 5.75 Å². The van der Waals surface area contributed by atoms with Gasteiger partial charge >= 0.3 is 0 Å². The van der Waals surface area contributed by atoms with Gasteiger partial charge in [0.25, 0.3) is 0 Å². The molecule has 0 fully saturated rings. The third-order valence-electron chi connectivity index (χ3n) is 2.99. The molecule has 0 heterocycles. The number of hydrogen-bond acceptors (Lipinski definition) is 3. The molecule has 3 nitrogen and oxygen atoms in total. The molecule has 0 bridgehead atoms. The van der Waals surface area contributed by atoms with Gasteiger partial charge in [0.15, 0.2) is 0 Å². The lowest BCUT2D eigenvalue weighted by atomic mass is 10.1. The molecule has 0 radical (unpaired) electrons. The highest BCUT2D eigenvalue weighted by molar-refractivity contribution is 5.36. The molecule has 0 aromatic heterocycles. The van der Waals surface area contributed by atoms with Gasteiger partial charge in [0, 0.05) is 31.6 Å². The van der Waals surface area contributed by atoms with Crippen molar-refractivity contribution in [2.75, 3.05) is 20.2 Å². The summed E-state index contributed by atoms with van der Waals surface area (Å²) in [5.41, 5.74) is 2.43. The van der Waals surface area contributed by atoms with E-state index in [9.17, 15) is 0 Å². The van der Waals surface area contributed by atoms with Crippen LogP contribution in [-0.4, -0.2) is 25.1 Å². The van der Waals surface area contributed by atoms with E-state index >= 15 is 0 Å². The zero-order chi connectivity index (χ0) is 14.3. The van der Waals surface area contributed by atoms with Crippen molar-refractivity contribution in [3.05, 3.63) is 29.3 Å². The van der Waals surface area contributed by atoms with Gasteiger partial charge in [-0.15, -0.1) is 0 Å². The van der Waals surface area contributed by atoms with E-state index in [0.29, 0.717) is 12.3 Å². The molecule has 0 aliphatic carbocycles. The predicted molar refractivity (Wildman–Crippen MR) is 78.1 cm³/mol. The summed E-state index contributed by atoms with van der Waals surface area (Å²) in [6.45, 7) is 9.14. The maximum Gasteiger partial charge on any atom is 0.123 e. The highest BCUT2D eigenvalue weighted by Crippen LogP contribution is 2.21. The molecule has 1 aromatic rings. The van der Waals surface area contributed by atoms with Crippen molar-refractivity contribution in [1.82, 2.24) is 4.90 Å². The van der Waals surface area contributed by atoms with Crippen LogP contribution in [0.4, 0.5) is 0 Å². The average Bonchev–Trinajstić information content (AvgIpc) is 2.35. The topological polar surface area (TPSA) is 36.3 Å². The highest BCUT2D eigenvalue weighted by atomic mass is 16.5. The van der Waals surface area contributed by atoms with Crippen molar-refractivity contribution in [3.63, 3.8) is 0 Å². The molecule has 0 spiro atoms. The summed E-state index contributed by atoms with van der Waals surface area (Å²) in [5, 5.41) is 8.76. The number of hydrogen-bond donors (Lipinski definition) is 0. The van der Waals surface area contributed by atoms with Crippen molar-refractivity contribution in [3.8, 4) is 11.8 Å². The fourth-order valence-corrected chi connectivity index (χ4v) is 2.23. The minimum absolute atomic E-state index is 0.570. The van der Waals surface area contributed by atoms with Crippen molar-refractivity contribution in [2.24, 2.45) is 5.92 Å². The SMILES string of the molecule is COc1ccc(C)cc1CN(CCC#N)CC(C)C. The Morgan fingerprint density at radius 2 is 2.11 bits per heavy atom. The second-order valence-electron chi connectivity index (χ2n) is 5.35. The lowest BCUT2D eigenvalue weighted by molar-refractivity contribution is 0.238. The Morgan fingerprint density at radius 3 is 2.68 bits per heavy atom. The first-order chi connectivity index (χ1) is 9.06. The van der Waals surface area contributed by atoms with Gasteiger partial charge in [-0.2, -0.15) is 5.26 Å². The molecule has 0 aliphatic rings. The first kappa shape index (κ1) is 15.5. The standard InChI is InChI=1S/C16H24N2O/c1-13(2)11-18(9-5-8-17)12-15-10-14(3)6-7-16(15)19-4/h6-7,10,13H,5,9,11-12H2,1-4H3. The Morgan fingerprint density at radius 1 is 1.37 bits per heavy atom. The van der Waals surface area contributed by atoms with Gasteiger partial charge in [-0.1, -0.05) is 31.5 Å². The normalized spacial score (nSPS) is 10.8. The van der Waals surface area contributed by atoms with Gasteiger partial charge in [-0.3, -0.25) is 4.90 Å². The molecule has 104 valence electrons. The van der Waals surface area contributed by atoms with Gasteiger partial charge < -0.3 is 4.74 Å². The van der Waals surface area contributed by atoms with Crippen LogP contribution in [0.1, 0.15) is 31.4 Å². The maximum atomic E-state index is 8.76. The minimum Gasteiger partial charge on any atom is -0.496 e. The molecular weight excluding hydrogens is 236 g/mol. The number of rotatable bonds is 7. The van der Waals surface area contributed by atoms with E-state index in [1.54, 1.807) is 7.11 Å². The first-order valence-corrected chi connectivity index (χ1v) is 6.79. The number of nitrogens with zero attached hydrogens (tertiary/aromatic N) is 2. The van der Waals surface area contributed by atoms with Crippen molar-refractivity contribution >= 4 is 0 Å². The Balaban J connectivity index is 2.82. The molecule has 1 aromatic carbocycles. The third-order valence-corrected chi connectivity index (χ3v) is 2.99. The van der Waals surface area contributed by atoms with E-state index in [1.807, 2.05) is 6.07 Å². The van der Waals surface area contributed by atoms with Crippen LogP contribution in [0.25, 0.3) is 0 Å². The van der Waals surface area contributed by atoms with E-state index in [-0.39, 0.29) is 0 Å². The maximum absolute atomic E-state index is 8.76. The summed E-state index contributed by atoms with van der Waals surface area (Å²) in [4.78, 5) is 2.32. The summed E-state index contributed by atoms with van der Waals surface area (Å²) >= 11 is 0. The quantitative estimate of drug-likeness (QED) is 0.754. The van der Waals surface area contributed by atoms with Crippen molar-refractivity contribution in [1.29, 1.82) is 5.26 Å². The largest absolute Gasteiger partial charge is 0.496 e. The monoisotopic (exact) mass is 260 g/mol. The molecule has 19 heavy (non-hydrogen) atoms. The van der Waals surface area contributed by atoms with Crippen molar-refractivity contribution < 1.29 is 4.74 Å². The minimum atomic E-state index is 0.570. The Bertz CT molecular complexity index is 435. The van der Waals surface area contributed by atoms with E-state index in [0.717, 1.165) is 25.4 Å². The fraction of sp³-hybridized carbons (Fsp3) is 0.562. The molecule has 3 heteroatoms. The molecule has 0 atom stereocenters. The Hall–Kier alpha value is -1.53. The lowest BCUT2D eigenvalue weighted by Crippen LogP contribution is -2.28. The van der Waals surface area contributed by atoms with E-state index in [2.05, 4.69) is 43.9 Å². The van der Waals surface area contributed by atoms with Crippen LogP contribution in [0, 0.1) is 24.2 Å². The number of methoxy groups -OCH3 is 1. The molecule has 0 amide bonds. The van der Waals surface area contributed by atoms with Crippen LogP contribution in [0.15, 0.2) is 18.2 Å². The summed E-state index contributed by atoms with van der Waals surface area (Å²) in [7, 11) is 1.70. The van der Waals surface area contributed by atoms with Crippen LogP contribution in [0.2, 0.25) is 0 Å². The molecular formula is C16H24N2O. The Labute approximate surface area is 116 Å². The van der Waals surface area contributed by atoms with Crippen LogP contribution >= 0.6 is 0 Å². The molecule has 1 rings (SSSR count). The average molecular weight is 260 g/mol. The molecule has 0 saturated heterocycles. The van der Waals surface area contributed by atoms with Gasteiger partial charge in [0.05, 0.1) is 13.2 Å². The number of ether oxygens (including phenoxy) is 1. The second-order valence-corrected chi connectivity index (χ2v) is 5.35. The van der Waals surface area contributed by atoms with Crippen LogP contribution < -0.4 is 4.74 Å². The summed E-state index contributed by atoms with van der Waals surface area (Å²) < 4.78 is 5.42. The predicted octanol–water partition coefficient (Wildman–Crippen LogP) is 3.38. The third kappa shape index (κ3) is 5.32. The molecule has 0 N–H and O–H groups in total. The molecule has 0 aliphatic heterocycles. The lowest BCUT2D eigenvalue weighted by Gasteiger charge is -2.24. The first-order valence-electron chi connectivity index (χ1n) is 6.79. The van der Waals surface area contributed by atoms with Gasteiger partial charge in [-0.05, 0) is 18.9 Å². The van der Waals surface area contributed by atoms with Crippen molar-refractivity contribution in [2.45, 2.75) is 33.7 Å². The Kier molecular flexibility index (Phi) is 6.38. The fourth-order valence-electron chi connectivity index (χ4n) is 2.23.